The van der Waals surface area contributed by atoms with Crippen LogP contribution in [-0.2, 0) is 19.6 Å². The maximum absolute atomic E-state index is 12.8. The minimum Gasteiger partial charge on any atom is -0.379 e. The van der Waals surface area contributed by atoms with E-state index in [0.717, 1.165) is 9.37 Å². The summed E-state index contributed by atoms with van der Waals surface area (Å²) in [6.07, 6.45) is 0. The molecular formula is C19H21BrN2O4S2. The average molecular weight is 485 g/mol. The molecule has 150 valence electrons. The number of carbonyl (C=O) groups is 1. The second-order valence-corrected chi connectivity index (χ2v) is 10.5. The fourth-order valence-corrected chi connectivity index (χ4v) is 5.27. The molecule has 9 heteroatoms. The molecule has 1 unspecified atom stereocenters. The molecule has 1 aliphatic rings. The van der Waals surface area contributed by atoms with E-state index in [-0.39, 0.29) is 16.1 Å². The van der Waals surface area contributed by atoms with Crippen LogP contribution in [0.5, 0.6) is 0 Å². The van der Waals surface area contributed by atoms with Crippen LogP contribution in [0.4, 0.5) is 5.69 Å². The van der Waals surface area contributed by atoms with Crippen molar-refractivity contribution in [1.82, 2.24) is 4.31 Å². The van der Waals surface area contributed by atoms with Gasteiger partial charge >= 0.3 is 0 Å². The molecule has 1 atom stereocenters. The first-order valence-electron chi connectivity index (χ1n) is 8.77. The summed E-state index contributed by atoms with van der Waals surface area (Å²) in [5.74, 6) is -0.186. The Morgan fingerprint density at radius 1 is 1.18 bits per heavy atom. The summed E-state index contributed by atoms with van der Waals surface area (Å²) in [4.78, 5) is 13.7. The van der Waals surface area contributed by atoms with Gasteiger partial charge in [0.1, 0.15) is 0 Å². The summed E-state index contributed by atoms with van der Waals surface area (Å²) in [7, 11) is -3.60. The standard InChI is InChI=1S/C19H21BrN2O4S2/c1-14(27-17-7-5-15(20)6-8-17)19(23)21-16-3-2-4-18(13-16)28(24,25)22-9-11-26-12-10-22/h2-8,13-14H,9-12H2,1H3,(H,21,23). The minimum absolute atomic E-state index is 0.167. The zero-order valence-corrected chi connectivity index (χ0v) is 18.5. The Hall–Kier alpha value is -1.39. The quantitative estimate of drug-likeness (QED) is 0.633. The first-order valence-corrected chi connectivity index (χ1v) is 11.9. The lowest BCUT2D eigenvalue weighted by Crippen LogP contribution is -2.40. The van der Waals surface area contributed by atoms with Crippen molar-refractivity contribution < 1.29 is 17.9 Å². The Morgan fingerprint density at radius 2 is 1.86 bits per heavy atom. The van der Waals surface area contributed by atoms with E-state index in [1.54, 1.807) is 18.2 Å². The van der Waals surface area contributed by atoms with Gasteiger partial charge in [0.05, 0.1) is 23.4 Å². The van der Waals surface area contributed by atoms with Gasteiger partial charge in [-0.05, 0) is 49.4 Å². The van der Waals surface area contributed by atoms with Crippen LogP contribution in [0.2, 0.25) is 0 Å². The first kappa shape index (κ1) is 21.3. The van der Waals surface area contributed by atoms with Crippen LogP contribution in [0.15, 0.2) is 62.8 Å². The molecule has 1 amide bonds. The number of hydrogen-bond donors (Lipinski definition) is 1. The summed E-state index contributed by atoms with van der Waals surface area (Å²) >= 11 is 4.83. The maximum atomic E-state index is 12.8. The van der Waals surface area contributed by atoms with Crippen molar-refractivity contribution in [3.8, 4) is 0 Å². The largest absolute Gasteiger partial charge is 0.379 e. The summed E-state index contributed by atoms with van der Waals surface area (Å²) in [5.41, 5.74) is 0.461. The third kappa shape index (κ3) is 5.36. The van der Waals surface area contributed by atoms with Crippen LogP contribution in [0, 0.1) is 0 Å². The smallest absolute Gasteiger partial charge is 0.243 e. The lowest BCUT2D eigenvalue weighted by molar-refractivity contribution is -0.115. The van der Waals surface area contributed by atoms with E-state index in [1.807, 2.05) is 31.2 Å². The number of sulfonamides is 1. The number of halogens is 1. The number of nitrogens with zero attached hydrogens (tertiary/aromatic N) is 1. The van der Waals surface area contributed by atoms with Crippen molar-refractivity contribution in [2.75, 3.05) is 31.6 Å². The number of amides is 1. The lowest BCUT2D eigenvalue weighted by atomic mass is 10.3. The highest BCUT2D eigenvalue weighted by molar-refractivity contribution is 9.10. The second kappa shape index (κ2) is 9.41. The fourth-order valence-electron chi connectivity index (χ4n) is 2.69. The number of carbonyl (C=O) groups excluding carboxylic acids is 1. The fraction of sp³-hybridized carbons (Fsp3) is 0.316. The summed E-state index contributed by atoms with van der Waals surface area (Å²) < 4.78 is 33.2. The van der Waals surface area contributed by atoms with E-state index < -0.39 is 10.0 Å². The van der Waals surface area contributed by atoms with Gasteiger partial charge in [0.2, 0.25) is 15.9 Å². The molecule has 1 N–H and O–H groups in total. The number of anilines is 1. The Bertz CT molecular complexity index is 929. The molecular weight excluding hydrogens is 464 g/mol. The monoisotopic (exact) mass is 484 g/mol. The lowest BCUT2D eigenvalue weighted by Gasteiger charge is -2.26. The van der Waals surface area contributed by atoms with Crippen LogP contribution in [0.1, 0.15) is 6.92 Å². The number of ether oxygens (including phenoxy) is 1. The van der Waals surface area contributed by atoms with Crippen molar-refractivity contribution in [2.24, 2.45) is 0 Å². The summed E-state index contributed by atoms with van der Waals surface area (Å²) in [5, 5.41) is 2.48. The SMILES string of the molecule is CC(Sc1ccc(Br)cc1)C(=O)Nc1cccc(S(=O)(=O)N2CCOCC2)c1. The maximum Gasteiger partial charge on any atom is 0.243 e. The molecule has 1 heterocycles. The van der Waals surface area contributed by atoms with Gasteiger partial charge in [0.15, 0.2) is 0 Å². The van der Waals surface area contributed by atoms with Gasteiger partial charge in [-0.1, -0.05) is 22.0 Å². The van der Waals surface area contributed by atoms with Gasteiger partial charge in [-0.3, -0.25) is 4.79 Å². The molecule has 2 aromatic carbocycles. The van der Waals surface area contributed by atoms with E-state index in [4.69, 9.17) is 4.74 Å². The third-order valence-electron chi connectivity index (χ3n) is 4.21. The van der Waals surface area contributed by atoms with Crippen LogP contribution in [0.3, 0.4) is 0 Å². The molecule has 6 nitrogen and oxygen atoms in total. The summed E-state index contributed by atoms with van der Waals surface area (Å²) in [6, 6.07) is 14.1. The van der Waals surface area contributed by atoms with E-state index in [0.29, 0.717) is 32.0 Å². The molecule has 2 aromatic rings. The number of hydrogen-bond acceptors (Lipinski definition) is 5. The minimum atomic E-state index is -3.60. The van der Waals surface area contributed by atoms with E-state index in [1.165, 1.54) is 22.1 Å². The molecule has 1 aliphatic heterocycles. The third-order valence-corrected chi connectivity index (χ3v) is 7.74. The van der Waals surface area contributed by atoms with Crippen molar-refractivity contribution in [3.05, 3.63) is 53.0 Å². The summed E-state index contributed by atoms with van der Waals surface area (Å²) in [6.45, 7) is 3.26. The van der Waals surface area contributed by atoms with Crippen LogP contribution in [-0.4, -0.2) is 50.2 Å². The molecule has 0 radical (unpaired) electrons. The highest BCUT2D eigenvalue weighted by Gasteiger charge is 2.26. The molecule has 3 rings (SSSR count). The predicted molar refractivity (Wildman–Crippen MR) is 114 cm³/mol. The van der Waals surface area contributed by atoms with Gasteiger partial charge in [0.25, 0.3) is 0 Å². The number of thioether (sulfide) groups is 1. The highest BCUT2D eigenvalue weighted by atomic mass is 79.9. The Labute approximate surface area is 177 Å². The van der Waals surface area contributed by atoms with Gasteiger partial charge in [-0.15, -0.1) is 11.8 Å². The van der Waals surface area contributed by atoms with Gasteiger partial charge < -0.3 is 10.1 Å². The Morgan fingerprint density at radius 3 is 2.54 bits per heavy atom. The molecule has 0 saturated carbocycles. The van der Waals surface area contributed by atoms with Crippen molar-refractivity contribution >= 4 is 49.3 Å². The van der Waals surface area contributed by atoms with Crippen molar-refractivity contribution in [3.63, 3.8) is 0 Å². The van der Waals surface area contributed by atoms with E-state index in [2.05, 4.69) is 21.2 Å². The van der Waals surface area contributed by atoms with Crippen LogP contribution < -0.4 is 5.32 Å². The zero-order chi connectivity index (χ0) is 20.1. The van der Waals surface area contributed by atoms with E-state index >= 15 is 0 Å². The molecule has 0 aliphatic carbocycles. The van der Waals surface area contributed by atoms with Crippen molar-refractivity contribution in [2.45, 2.75) is 22.0 Å². The molecule has 1 saturated heterocycles. The van der Waals surface area contributed by atoms with Crippen molar-refractivity contribution in [1.29, 1.82) is 0 Å². The van der Waals surface area contributed by atoms with E-state index in [9.17, 15) is 13.2 Å². The Kier molecular flexibility index (Phi) is 7.16. The van der Waals surface area contributed by atoms with Crippen LogP contribution >= 0.6 is 27.7 Å². The van der Waals surface area contributed by atoms with Gasteiger partial charge in [0, 0.05) is 28.1 Å². The second-order valence-electron chi connectivity index (χ2n) is 6.25. The topological polar surface area (TPSA) is 75.7 Å². The number of nitrogens with one attached hydrogen (secondary N) is 1. The average Bonchev–Trinajstić information content (AvgIpc) is 2.70. The van der Waals surface area contributed by atoms with Gasteiger partial charge in [-0.2, -0.15) is 4.31 Å². The molecule has 28 heavy (non-hydrogen) atoms. The Balaban J connectivity index is 1.68. The zero-order valence-electron chi connectivity index (χ0n) is 15.3. The molecule has 0 aromatic heterocycles. The molecule has 0 bridgehead atoms. The van der Waals surface area contributed by atoms with Gasteiger partial charge in [-0.25, -0.2) is 8.42 Å². The number of benzene rings is 2. The highest BCUT2D eigenvalue weighted by Crippen LogP contribution is 2.26. The normalized spacial score (nSPS) is 16.5. The number of rotatable bonds is 6. The number of morpholine rings is 1. The first-order chi connectivity index (χ1) is 13.4. The molecule has 0 spiro atoms. The molecule has 1 fully saturated rings. The predicted octanol–water partition coefficient (Wildman–Crippen LogP) is 3.59. The van der Waals surface area contributed by atoms with Crippen LogP contribution in [0.25, 0.3) is 0 Å².